The summed E-state index contributed by atoms with van der Waals surface area (Å²) in [6.45, 7) is 4.92. The van der Waals surface area contributed by atoms with Crippen molar-refractivity contribution in [2.24, 2.45) is 40.4 Å². The smallest absolute Gasteiger partial charge is 0.190 e. The van der Waals surface area contributed by atoms with Crippen molar-refractivity contribution in [3.05, 3.63) is 0 Å². The summed E-state index contributed by atoms with van der Waals surface area (Å²) in [4.78, 5) is 25.7. The zero-order valence-electron chi connectivity index (χ0n) is 21.4. The molecular formula is C28H44O7. The van der Waals surface area contributed by atoms with Gasteiger partial charge in [-0.3, -0.25) is 9.59 Å². The molecule has 0 amide bonds. The van der Waals surface area contributed by atoms with Gasteiger partial charge < -0.3 is 24.8 Å². The van der Waals surface area contributed by atoms with Gasteiger partial charge >= 0.3 is 0 Å². The Morgan fingerprint density at radius 3 is 2.63 bits per heavy atom. The molecule has 1 aliphatic heterocycles. The van der Waals surface area contributed by atoms with E-state index >= 15 is 0 Å². The third-order valence-electron chi connectivity index (χ3n) is 11.3. The van der Waals surface area contributed by atoms with E-state index < -0.39 is 23.4 Å². The molecule has 2 unspecified atom stereocenters. The second kappa shape index (κ2) is 9.46. The van der Waals surface area contributed by atoms with Gasteiger partial charge in [-0.25, -0.2) is 0 Å². The highest BCUT2D eigenvalue weighted by molar-refractivity contribution is 5.92. The van der Waals surface area contributed by atoms with E-state index in [1.807, 2.05) is 6.92 Å². The van der Waals surface area contributed by atoms with E-state index in [2.05, 4.69) is 6.92 Å². The number of carbonyl (C=O) groups excluding carboxylic acids is 2. The van der Waals surface area contributed by atoms with E-state index in [0.717, 1.165) is 51.0 Å². The van der Waals surface area contributed by atoms with Crippen molar-refractivity contribution in [2.45, 2.75) is 102 Å². The van der Waals surface area contributed by atoms with Crippen molar-refractivity contribution in [1.29, 1.82) is 0 Å². The molecule has 6 aliphatic rings. The third kappa shape index (κ3) is 4.14. The predicted octanol–water partition coefficient (Wildman–Crippen LogP) is 3.02. The van der Waals surface area contributed by atoms with Crippen molar-refractivity contribution >= 4 is 11.6 Å². The molecule has 0 aromatic carbocycles. The maximum atomic E-state index is 13.4. The molecular weight excluding hydrogens is 448 g/mol. The Balaban J connectivity index is 0.000000234. The topological polar surface area (TPSA) is 113 Å². The van der Waals surface area contributed by atoms with Gasteiger partial charge in [-0.1, -0.05) is 13.8 Å². The summed E-state index contributed by atoms with van der Waals surface area (Å²) < 4.78 is 10.6. The molecule has 1 saturated heterocycles. The Morgan fingerprint density at radius 1 is 1.06 bits per heavy atom. The molecule has 6 rings (SSSR count). The van der Waals surface area contributed by atoms with Gasteiger partial charge in [0, 0.05) is 17.8 Å². The highest BCUT2D eigenvalue weighted by Crippen LogP contribution is 2.67. The van der Waals surface area contributed by atoms with Gasteiger partial charge in [-0.15, -0.1) is 0 Å². The maximum absolute atomic E-state index is 13.4. The van der Waals surface area contributed by atoms with Crippen LogP contribution in [-0.4, -0.2) is 64.7 Å². The lowest BCUT2D eigenvalue weighted by Crippen LogP contribution is -2.62. The molecule has 10 atom stereocenters. The number of aliphatic hydroxyl groups is 3. The average molecular weight is 493 g/mol. The minimum absolute atomic E-state index is 0.0154. The summed E-state index contributed by atoms with van der Waals surface area (Å²) in [6, 6.07) is 0. The van der Waals surface area contributed by atoms with Crippen LogP contribution in [-0.2, 0) is 19.1 Å². The molecule has 5 saturated carbocycles. The fourth-order valence-corrected chi connectivity index (χ4v) is 9.33. The Bertz CT molecular complexity index is 818. The Morgan fingerprint density at radius 2 is 1.86 bits per heavy atom. The molecule has 7 nitrogen and oxygen atoms in total. The molecule has 7 heteroatoms. The molecule has 35 heavy (non-hydrogen) atoms. The first kappa shape index (κ1) is 25.8. The zero-order valence-corrected chi connectivity index (χ0v) is 21.4. The summed E-state index contributed by atoms with van der Waals surface area (Å²) in [7, 11) is 0. The van der Waals surface area contributed by atoms with Crippen molar-refractivity contribution in [1.82, 2.24) is 0 Å². The van der Waals surface area contributed by atoms with Crippen LogP contribution < -0.4 is 0 Å². The summed E-state index contributed by atoms with van der Waals surface area (Å²) in [5.41, 5.74) is -2.40. The minimum atomic E-state index is -1.58. The van der Waals surface area contributed by atoms with Gasteiger partial charge in [0.05, 0.1) is 18.8 Å². The predicted molar refractivity (Wildman–Crippen MR) is 128 cm³/mol. The lowest BCUT2D eigenvalue weighted by molar-refractivity contribution is -0.180. The van der Waals surface area contributed by atoms with E-state index in [9.17, 15) is 24.9 Å². The largest absolute Gasteiger partial charge is 0.393 e. The normalized spacial score (nSPS) is 50.8. The maximum Gasteiger partial charge on any atom is 0.190 e. The fraction of sp³-hybridized carbons (Fsp3) is 0.929. The number of ketones is 2. The van der Waals surface area contributed by atoms with E-state index in [1.165, 1.54) is 19.3 Å². The summed E-state index contributed by atoms with van der Waals surface area (Å²) in [5.74, 6) is 1.18. The quantitative estimate of drug-likeness (QED) is 0.543. The van der Waals surface area contributed by atoms with Gasteiger partial charge in [0.15, 0.2) is 5.78 Å². The number of fused-ring (bicyclic) bond motifs is 7. The van der Waals surface area contributed by atoms with Crippen molar-refractivity contribution < 1.29 is 34.4 Å². The van der Waals surface area contributed by atoms with Crippen LogP contribution in [0.3, 0.4) is 0 Å². The standard InChI is InChI=1S/C21H32O5.C7H12O2/c1-19-7-5-13(23)9-12(19)3-4-14-15-6-8-21(26,17(25)11-22)20(15,2)10-16(24)18(14)19;1-2-7-3-6(1)4-8-5-9-7/h12-15,18,22-23,26H,3-11H2,1-2H3;6-7H,1-5H2/t12-,13-,14+,15+,18-,19+,20+,21+;/m1./s1. The number of rotatable bonds is 2. The Kier molecular flexibility index (Phi) is 6.97. The first-order valence-electron chi connectivity index (χ1n) is 13.9. The number of carbonyl (C=O) groups is 2. The number of hydrogen-bond donors (Lipinski definition) is 3. The average Bonchev–Trinajstić information content (AvgIpc) is 3.28. The monoisotopic (exact) mass is 492 g/mol. The van der Waals surface area contributed by atoms with Crippen LogP contribution in [0.15, 0.2) is 0 Å². The molecule has 3 N–H and O–H groups in total. The van der Waals surface area contributed by atoms with Crippen LogP contribution in [0.5, 0.6) is 0 Å². The Hall–Kier alpha value is -0.860. The van der Waals surface area contributed by atoms with Crippen molar-refractivity contribution in [3.63, 3.8) is 0 Å². The van der Waals surface area contributed by atoms with E-state index in [-0.39, 0.29) is 41.5 Å². The minimum Gasteiger partial charge on any atom is -0.393 e. The van der Waals surface area contributed by atoms with Crippen LogP contribution in [0, 0.1) is 40.4 Å². The van der Waals surface area contributed by atoms with Crippen LogP contribution in [0.4, 0.5) is 0 Å². The first-order chi connectivity index (χ1) is 16.6. The number of hydrogen-bond acceptors (Lipinski definition) is 7. The summed E-state index contributed by atoms with van der Waals surface area (Å²) >= 11 is 0. The van der Waals surface area contributed by atoms with Gasteiger partial charge in [0.1, 0.15) is 24.8 Å². The first-order valence-corrected chi connectivity index (χ1v) is 13.9. The molecule has 198 valence electrons. The number of ether oxygens (including phenoxy) is 2. The second-order valence-corrected chi connectivity index (χ2v) is 13.0. The highest BCUT2D eigenvalue weighted by Gasteiger charge is 2.68. The van der Waals surface area contributed by atoms with E-state index in [0.29, 0.717) is 25.2 Å². The van der Waals surface area contributed by atoms with Crippen LogP contribution in [0.2, 0.25) is 0 Å². The second-order valence-electron chi connectivity index (χ2n) is 13.0. The molecule has 6 fully saturated rings. The SMILES string of the molecule is C1OCC2CCC(C2)O1.C[C@]12CC[C@@H](O)C[C@H]1CC[C@@H]1[C@@H]2C(=O)C[C@@]2(C)[C@H]1CC[C@]2(O)C(=O)CO. The highest BCUT2D eigenvalue weighted by atomic mass is 16.7. The molecule has 2 bridgehead atoms. The third-order valence-corrected chi connectivity index (χ3v) is 11.3. The lowest BCUT2D eigenvalue weighted by atomic mass is 9.44. The van der Waals surface area contributed by atoms with Crippen LogP contribution in [0.1, 0.15) is 84.5 Å². The molecule has 1 heterocycles. The van der Waals surface area contributed by atoms with E-state index in [1.54, 1.807) is 0 Å². The van der Waals surface area contributed by atoms with Crippen molar-refractivity contribution in [3.8, 4) is 0 Å². The van der Waals surface area contributed by atoms with Gasteiger partial charge in [0.2, 0.25) is 0 Å². The van der Waals surface area contributed by atoms with Gasteiger partial charge in [-0.2, -0.15) is 0 Å². The van der Waals surface area contributed by atoms with Gasteiger partial charge in [-0.05, 0) is 93.3 Å². The molecule has 0 aromatic heterocycles. The molecule has 0 radical (unpaired) electrons. The van der Waals surface area contributed by atoms with Crippen molar-refractivity contribution in [2.75, 3.05) is 20.0 Å². The zero-order chi connectivity index (χ0) is 25.0. The summed E-state index contributed by atoms with van der Waals surface area (Å²) in [5, 5.41) is 30.6. The summed E-state index contributed by atoms with van der Waals surface area (Å²) in [6.07, 6.45) is 9.80. The Labute approximate surface area is 208 Å². The van der Waals surface area contributed by atoms with Gasteiger partial charge in [0.25, 0.3) is 0 Å². The molecule has 0 aromatic rings. The molecule has 5 aliphatic carbocycles. The lowest BCUT2D eigenvalue weighted by Gasteiger charge is -2.60. The van der Waals surface area contributed by atoms with Crippen LogP contribution in [0.25, 0.3) is 0 Å². The molecule has 0 spiro atoms. The number of Topliss-reactive ketones (excluding diaryl/α,β-unsaturated/α-hetero) is 2. The fourth-order valence-electron chi connectivity index (χ4n) is 9.33. The van der Waals surface area contributed by atoms with Crippen LogP contribution >= 0.6 is 0 Å². The van der Waals surface area contributed by atoms with E-state index in [4.69, 9.17) is 9.47 Å². The number of aliphatic hydroxyl groups excluding tert-OH is 2.